The van der Waals surface area contributed by atoms with Crippen LogP contribution < -0.4 is 0 Å². The lowest BCUT2D eigenvalue weighted by Gasteiger charge is -2.27. The minimum absolute atomic E-state index is 0.0537. The van der Waals surface area contributed by atoms with E-state index >= 15 is 0 Å². The van der Waals surface area contributed by atoms with E-state index in [0.29, 0.717) is 31.1 Å². The van der Waals surface area contributed by atoms with E-state index in [2.05, 4.69) is 20.8 Å². The summed E-state index contributed by atoms with van der Waals surface area (Å²) in [5, 5.41) is 0. The van der Waals surface area contributed by atoms with Crippen LogP contribution in [0.25, 0.3) is 0 Å². The summed E-state index contributed by atoms with van der Waals surface area (Å²) in [5.41, 5.74) is 0.0826. The molecule has 19 heavy (non-hydrogen) atoms. The van der Waals surface area contributed by atoms with Gasteiger partial charge in [0.25, 0.3) is 0 Å². The summed E-state index contributed by atoms with van der Waals surface area (Å²) in [6.45, 7) is 8.60. The first-order valence-corrected chi connectivity index (χ1v) is 7.50. The molecule has 0 aliphatic heterocycles. The molecule has 0 atom stereocenters. The molecule has 0 amide bonds. The van der Waals surface area contributed by atoms with Gasteiger partial charge in [0.2, 0.25) is 0 Å². The maximum Gasteiger partial charge on any atom is 0.308 e. The van der Waals surface area contributed by atoms with Crippen LogP contribution in [0.15, 0.2) is 0 Å². The van der Waals surface area contributed by atoms with Crippen LogP contribution in [-0.2, 0) is 14.3 Å². The van der Waals surface area contributed by atoms with Crippen LogP contribution in [0.2, 0.25) is 0 Å². The van der Waals surface area contributed by atoms with E-state index in [1.165, 1.54) is 0 Å². The summed E-state index contributed by atoms with van der Waals surface area (Å²) in [6, 6.07) is 0. The van der Waals surface area contributed by atoms with Gasteiger partial charge in [-0.25, -0.2) is 0 Å². The van der Waals surface area contributed by atoms with Crippen LogP contribution in [0.5, 0.6) is 0 Å². The van der Waals surface area contributed by atoms with E-state index in [-0.39, 0.29) is 17.3 Å². The Morgan fingerprint density at radius 3 is 2.16 bits per heavy atom. The molecule has 0 aromatic rings. The number of carbonyl (C=O) groups is 2. The van der Waals surface area contributed by atoms with Gasteiger partial charge in [-0.2, -0.15) is 0 Å². The molecule has 1 saturated carbocycles. The van der Waals surface area contributed by atoms with Crippen LogP contribution in [0, 0.1) is 17.3 Å². The predicted octanol–water partition coefficient (Wildman–Crippen LogP) is 3.75. The molecule has 3 nitrogen and oxygen atoms in total. The first-order valence-electron chi connectivity index (χ1n) is 7.50. The molecular formula is C16H28O3. The third-order valence-electron chi connectivity index (χ3n) is 3.71. The lowest BCUT2D eigenvalue weighted by atomic mass is 9.78. The smallest absolute Gasteiger partial charge is 0.308 e. The first-order chi connectivity index (χ1) is 8.81. The largest absolute Gasteiger partial charge is 0.466 e. The molecule has 0 spiro atoms. The van der Waals surface area contributed by atoms with Crippen molar-refractivity contribution in [1.82, 2.24) is 0 Å². The van der Waals surface area contributed by atoms with Crippen molar-refractivity contribution >= 4 is 11.8 Å². The van der Waals surface area contributed by atoms with Gasteiger partial charge in [0.1, 0.15) is 5.78 Å². The minimum atomic E-state index is -0.0537. The summed E-state index contributed by atoms with van der Waals surface area (Å²) in [6.07, 6.45) is 5.08. The average molecular weight is 268 g/mol. The van der Waals surface area contributed by atoms with Gasteiger partial charge in [-0.05, 0) is 43.9 Å². The zero-order valence-corrected chi connectivity index (χ0v) is 12.8. The van der Waals surface area contributed by atoms with Crippen molar-refractivity contribution in [2.75, 3.05) is 6.61 Å². The van der Waals surface area contributed by atoms with Crippen LogP contribution in [0.3, 0.4) is 0 Å². The maximum absolute atomic E-state index is 12.0. The number of hydrogen-bond acceptors (Lipinski definition) is 3. The Morgan fingerprint density at radius 1 is 1.11 bits per heavy atom. The van der Waals surface area contributed by atoms with Crippen LogP contribution in [-0.4, -0.2) is 18.4 Å². The normalized spacial score (nSPS) is 24.0. The van der Waals surface area contributed by atoms with Gasteiger partial charge < -0.3 is 4.74 Å². The fraction of sp³-hybridized carbons (Fsp3) is 0.875. The molecule has 0 radical (unpaired) electrons. The van der Waals surface area contributed by atoms with E-state index in [1.54, 1.807) is 0 Å². The van der Waals surface area contributed by atoms with Crippen LogP contribution in [0.4, 0.5) is 0 Å². The second kappa shape index (κ2) is 7.06. The molecule has 0 bridgehead atoms. The molecule has 0 aromatic carbocycles. The Kier molecular flexibility index (Phi) is 6.02. The van der Waals surface area contributed by atoms with Crippen molar-refractivity contribution in [3.63, 3.8) is 0 Å². The average Bonchev–Trinajstić information content (AvgIpc) is 2.27. The predicted molar refractivity (Wildman–Crippen MR) is 75.8 cm³/mol. The second-order valence-corrected chi connectivity index (χ2v) is 6.95. The Morgan fingerprint density at radius 2 is 1.68 bits per heavy atom. The summed E-state index contributed by atoms with van der Waals surface area (Å²) >= 11 is 0. The Bertz CT molecular complexity index is 306. The van der Waals surface area contributed by atoms with E-state index in [4.69, 9.17) is 4.74 Å². The molecule has 110 valence electrons. The highest BCUT2D eigenvalue weighted by Crippen LogP contribution is 2.33. The summed E-state index contributed by atoms with van der Waals surface area (Å²) < 4.78 is 5.06. The highest BCUT2D eigenvalue weighted by atomic mass is 16.5. The number of ketones is 1. The van der Waals surface area contributed by atoms with Crippen LogP contribution >= 0.6 is 0 Å². The van der Waals surface area contributed by atoms with Gasteiger partial charge in [0.05, 0.1) is 12.5 Å². The lowest BCUT2D eigenvalue weighted by Crippen LogP contribution is -2.25. The minimum Gasteiger partial charge on any atom is -0.466 e. The van der Waals surface area contributed by atoms with Crippen molar-refractivity contribution in [2.24, 2.45) is 17.3 Å². The number of hydrogen-bond donors (Lipinski definition) is 0. The van der Waals surface area contributed by atoms with E-state index in [0.717, 1.165) is 25.7 Å². The van der Waals surface area contributed by atoms with Crippen molar-refractivity contribution in [3.8, 4) is 0 Å². The molecule has 0 saturated heterocycles. The topological polar surface area (TPSA) is 43.4 Å². The van der Waals surface area contributed by atoms with Crippen molar-refractivity contribution in [2.45, 2.75) is 66.2 Å². The van der Waals surface area contributed by atoms with Crippen molar-refractivity contribution in [3.05, 3.63) is 0 Å². The molecule has 0 N–H and O–H groups in total. The number of carbonyl (C=O) groups excluding carboxylic acids is 2. The van der Waals surface area contributed by atoms with Gasteiger partial charge in [0, 0.05) is 12.8 Å². The molecule has 3 heteroatoms. The third kappa shape index (κ3) is 6.22. The van der Waals surface area contributed by atoms with E-state index in [9.17, 15) is 9.59 Å². The lowest BCUT2D eigenvalue weighted by molar-refractivity contribution is -0.149. The third-order valence-corrected chi connectivity index (χ3v) is 3.71. The van der Waals surface area contributed by atoms with Gasteiger partial charge in [0.15, 0.2) is 0 Å². The molecule has 0 aromatic heterocycles. The number of Topliss-reactive ketones (excluding diaryl/α,β-unsaturated/α-hetero) is 1. The van der Waals surface area contributed by atoms with E-state index in [1.807, 2.05) is 6.92 Å². The monoisotopic (exact) mass is 268 g/mol. The standard InChI is InChI=1S/C16H28O3/c1-5-19-15(18)13-8-6-12(7-9-13)10-14(17)11-16(2,3)4/h12-13H,5-11H2,1-4H3. The molecule has 1 rings (SSSR count). The molecule has 1 fully saturated rings. The summed E-state index contributed by atoms with van der Waals surface area (Å²) in [7, 11) is 0. The number of esters is 1. The Balaban J connectivity index is 2.30. The number of rotatable bonds is 5. The fourth-order valence-electron chi connectivity index (χ4n) is 2.85. The highest BCUT2D eigenvalue weighted by Gasteiger charge is 2.28. The zero-order valence-electron chi connectivity index (χ0n) is 12.8. The molecule has 1 aliphatic carbocycles. The van der Waals surface area contributed by atoms with E-state index < -0.39 is 0 Å². The first kappa shape index (κ1) is 16.2. The molecule has 1 aliphatic rings. The molecule has 0 unspecified atom stereocenters. The van der Waals surface area contributed by atoms with Crippen molar-refractivity contribution in [1.29, 1.82) is 0 Å². The molecular weight excluding hydrogens is 240 g/mol. The van der Waals surface area contributed by atoms with Crippen LogP contribution in [0.1, 0.15) is 66.2 Å². The number of ether oxygens (including phenoxy) is 1. The summed E-state index contributed by atoms with van der Waals surface area (Å²) in [4.78, 5) is 23.6. The quantitative estimate of drug-likeness (QED) is 0.713. The van der Waals surface area contributed by atoms with Gasteiger partial charge in [-0.3, -0.25) is 9.59 Å². The zero-order chi connectivity index (χ0) is 14.5. The van der Waals surface area contributed by atoms with Gasteiger partial charge in [-0.15, -0.1) is 0 Å². The Labute approximate surface area is 117 Å². The van der Waals surface area contributed by atoms with Crippen molar-refractivity contribution < 1.29 is 14.3 Å². The van der Waals surface area contributed by atoms with Gasteiger partial charge >= 0.3 is 5.97 Å². The SMILES string of the molecule is CCOC(=O)C1CCC(CC(=O)CC(C)(C)C)CC1. The molecule has 0 heterocycles. The Hall–Kier alpha value is -0.860. The second-order valence-electron chi connectivity index (χ2n) is 6.95. The fourth-order valence-corrected chi connectivity index (χ4v) is 2.85. The summed E-state index contributed by atoms with van der Waals surface area (Å²) in [5.74, 6) is 0.850. The maximum atomic E-state index is 12.0. The van der Waals surface area contributed by atoms with Gasteiger partial charge in [-0.1, -0.05) is 20.8 Å². The highest BCUT2D eigenvalue weighted by molar-refractivity contribution is 5.79.